The van der Waals surface area contributed by atoms with E-state index in [1.807, 2.05) is 44.2 Å². The molecule has 21 heavy (non-hydrogen) atoms. The van der Waals surface area contributed by atoms with Crippen LogP contribution in [0.15, 0.2) is 42.6 Å². The third kappa shape index (κ3) is 5.08. The number of nitrogens with zero attached hydrogens (tertiary/aromatic N) is 1. The molecule has 2 aromatic rings. The molecule has 0 bridgehead atoms. The van der Waals surface area contributed by atoms with Gasteiger partial charge in [0.15, 0.2) is 0 Å². The topological polar surface area (TPSA) is 54.0 Å². The highest BCUT2D eigenvalue weighted by Crippen LogP contribution is 2.20. The minimum Gasteiger partial charge on any atom is -0.354 e. The molecule has 0 atom stereocenters. The summed E-state index contributed by atoms with van der Waals surface area (Å²) in [6.07, 6.45) is 2.16. The van der Waals surface area contributed by atoms with E-state index in [1.54, 1.807) is 12.3 Å². The fourth-order valence-electron chi connectivity index (χ4n) is 1.84. The maximum Gasteiger partial charge on any atom is 0.225 e. The fraction of sp³-hybridized carbons (Fsp3) is 0.250. The highest BCUT2D eigenvalue weighted by molar-refractivity contribution is 6.30. The Kier molecular flexibility index (Phi) is 5.17. The SMILES string of the molecule is CC(C)CC(=O)Nc1ccc(Nc2cccc(Cl)c2)cn1. The van der Waals surface area contributed by atoms with Crippen molar-refractivity contribution in [2.24, 2.45) is 5.92 Å². The van der Waals surface area contributed by atoms with E-state index in [2.05, 4.69) is 15.6 Å². The number of halogens is 1. The number of benzene rings is 1. The monoisotopic (exact) mass is 303 g/mol. The largest absolute Gasteiger partial charge is 0.354 e. The first kappa shape index (κ1) is 15.3. The van der Waals surface area contributed by atoms with Gasteiger partial charge in [0, 0.05) is 17.1 Å². The van der Waals surface area contributed by atoms with Crippen molar-refractivity contribution in [3.63, 3.8) is 0 Å². The van der Waals surface area contributed by atoms with Gasteiger partial charge in [0.1, 0.15) is 5.82 Å². The average Bonchev–Trinajstić information content (AvgIpc) is 2.40. The van der Waals surface area contributed by atoms with E-state index in [9.17, 15) is 4.79 Å². The molecular weight excluding hydrogens is 286 g/mol. The average molecular weight is 304 g/mol. The molecule has 0 unspecified atom stereocenters. The van der Waals surface area contributed by atoms with Gasteiger partial charge >= 0.3 is 0 Å². The van der Waals surface area contributed by atoms with Gasteiger partial charge in [-0.1, -0.05) is 31.5 Å². The number of rotatable bonds is 5. The zero-order valence-corrected chi connectivity index (χ0v) is 12.8. The van der Waals surface area contributed by atoms with Crippen LogP contribution < -0.4 is 10.6 Å². The van der Waals surface area contributed by atoms with E-state index in [0.717, 1.165) is 11.4 Å². The molecule has 0 spiro atoms. The van der Waals surface area contributed by atoms with Crippen molar-refractivity contribution in [2.45, 2.75) is 20.3 Å². The Morgan fingerprint density at radius 3 is 2.67 bits per heavy atom. The Balaban J connectivity index is 1.97. The van der Waals surface area contributed by atoms with Crippen LogP contribution in [0.3, 0.4) is 0 Å². The second-order valence-corrected chi connectivity index (χ2v) is 5.65. The molecule has 1 heterocycles. The number of anilines is 3. The van der Waals surface area contributed by atoms with Crippen molar-refractivity contribution in [3.8, 4) is 0 Å². The summed E-state index contributed by atoms with van der Waals surface area (Å²) in [6.45, 7) is 4.01. The van der Waals surface area contributed by atoms with E-state index >= 15 is 0 Å². The summed E-state index contributed by atoms with van der Waals surface area (Å²) in [6, 6.07) is 11.1. The van der Waals surface area contributed by atoms with Crippen LogP contribution >= 0.6 is 11.6 Å². The Morgan fingerprint density at radius 2 is 2.05 bits per heavy atom. The normalized spacial score (nSPS) is 10.5. The smallest absolute Gasteiger partial charge is 0.225 e. The molecule has 4 nitrogen and oxygen atoms in total. The number of pyridine rings is 1. The summed E-state index contributed by atoms with van der Waals surface area (Å²) < 4.78 is 0. The van der Waals surface area contributed by atoms with Gasteiger partial charge in [-0.05, 0) is 36.2 Å². The summed E-state index contributed by atoms with van der Waals surface area (Å²) in [5, 5.41) is 6.64. The van der Waals surface area contributed by atoms with Crippen molar-refractivity contribution >= 4 is 34.7 Å². The second kappa shape index (κ2) is 7.09. The third-order valence-electron chi connectivity index (χ3n) is 2.74. The van der Waals surface area contributed by atoms with Crippen LogP contribution in [0.2, 0.25) is 5.02 Å². The lowest BCUT2D eigenvalue weighted by atomic mass is 10.1. The summed E-state index contributed by atoms with van der Waals surface area (Å²) in [5.74, 6) is 0.860. The van der Waals surface area contributed by atoms with Crippen LogP contribution in [0, 0.1) is 5.92 Å². The van der Waals surface area contributed by atoms with Crippen molar-refractivity contribution in [2.75, 3.05) is 10.6 Å². The van der Waals surface area contributed by atoms with Gasteiger partial charge in [-0.3, -0.25) is 4.79 Å². The number of carbonyl (C=O) groups excluding carboxylic acids is 1. The Hall–Kier alpha value is -2.07. The molecule has 0 radical (unpaired) electrons. The summed E-state index contributed by atoms with van der Waals surface area (Å²) in [7, 11) is 0. The van der Waals surface area contributed by atoms with Crippen molar-refractivity contribution in [1.82, 2.24) is 4.98 Å². The van der Waals surface area contributed by atoms with Crippen molar-refractivity contribution in [3.05, 3.63) is 47.6 Å². The highest BCUT2D eigenvalue weighted by atomic mass is 35.5. The number of hydrogen-bond acceptors (Lipinski definition) is 3. The molecule has 0 saturated carbocycles. The van der Waals surface area contributed by atoms with Crippen LogP contribution in [0.5, 0.6) is 0 Å². The molecular formula is C16H18ClN3O. The third-order valence-corrected chi connectivity index (χ3v) is 2.97. The van der Waals surface area contributed by atoms with Gasteiger partial charge in [0.05, 0.1) is 11.9 Å². The molecule has 0 aliphatic heterocycles. The van der Waals surface area contributed by atoms with E-state index in [1.165, 1.54) is 0 Å². The van der Waals surface area contributed by atoms with Crippen LogP contribution in [0.4, 0.5) is 17.2 Å². The van der Waals surface area contributed by atoms with E-state index in [0.29, 0.717) is 23.2 Å². The molecule has 2 rings (SSSR count). The predicted octanol–water partition coefficient (Wildman–Crippen LogP) is 4.46. The molecule has 0 saturated heterocycles. The molecule has 110 valence electrons. The predicted molar refractivity (Wildman–Crippen MR) is 87.1 cm³/mol. The maximum atomic E-state index is 11.7. The molecule has 0 fully saturated rings. The van der Waals surface area contributed by atoms with Gasteiger partial charge in [0.2, 0.25) is 5.91 Å². The Labute approximate surface area is 129 Å². The number of nitrogens with one attached hydrogen (secondary N) is 2. The molecule has 0 aliphatic rings. The zero-order chi connectivity index (χ0) is 15.2. The first-order valence-corrected chi connectivity index (χ1v) is 7.19. The molecule has 1 aromatic heterocycles. The molecule has 5 heteroatoms. The van der Waals surface area contributed by atoms with Gasteiger partial charge < -0.3 is 10.6 Å². The lowest BCUT2D eigenvalue weighted by Crippen LogP contribution is -2.14. The van der Waals surface area contributed by atoms with Gasteiger partial charge in [-0.15, -0.1) is 0 Å². The highest BCUT2D eigenvalue weighted by Gasteiger charge is 2.06. The molecule has 1 amide bonds. The molecule has 1 aromatic carbocycles. The first-order chi connectivity index (χ1) is 10.0. The summed E-state index contributed by atoms with van der Waals surface area (Å²) >= 11 is 5.93. The lowest BCUT2D eigenvalue weighted by molar-refractivity contribution is -0.116. The van der Waals surface area contributed by atoms with Crippen molar-refractivity contribution in [1.29, 1.82) is 0 Å². The van der Waals surface area contributed by atoms with Crippen LogP contribution in [-0.2, 0) is 4.79 Å². The molecule has 0 aliphatic carbocycles. The van der Waals surface area contributed by atoms with Gasteiger partial charge in [-0.25, -0.2) is 4.98 Å². The summed E-state index contributed by atoms with van der Waals surface area (Å²) in [5.41, 5.74) is 1.72. The number of hydrogen-bond donors (Lipinski definition) is 2. The Morgan fingerprint density at radius 1 is 1.24 bits per heavy atom. The standard InChI is InChI=1S/C16H18ClN3O/c1-11(2)8-16(21)20-15-7-6-14(10-18-15)19-13-5-3-4-12(17)9-13/h3-7,9-11,19H,8H2,1-2H3,(H,18,20,21). The Bertz CT molecular complexity index is 611. The number of aromatic nitrogens is 1. The maximum absolute atomic E-state index is 11.7. The second-order valence-electron chi connectivity index (χ2n) is 5.21. The van der Waals surface area contributed by atoms with Crippen LogP contribution in [0.25, 0.3) is 0 Å². The van der Waals surface area contributed by atoms with Gasteiger partial charge in [0.25, 0.3) is 0 Å². The zero-order valence-electron chi connectivity index (χ0n) is 12.1. The van der Waals surface area contributed by atoms with Gasteiger partial charge in [-0.2, -0.15) is 0 Å². The minimum absolute atomic E-state index is 0.0203. The van der Waals surface area contributed by atoms with E-state index < -0.39 is 0 Å². The number of carbonyl (C=O) groups is 1. The minimum atomic E-state index is -0.0203. The van der Waals surface area contributed by atoms with Crippen LogP contribution in [-0.4, -0.2) is 10.9 Å². The molecule has 2 N–H and O–H groups in total. The van der Waals surface area contributed by atoms with Crippen LogP contribution in [0.1, 0.15) is 20.3 Å². The quantitative estimate of drug-likeness (QED) is 0.857. The lowest BCUT2D eigenvalue weighted by Gasteiger charge is -2.09. The first-order valence-electron chi connectivity index (χ1n) is 6.81. The number of amides is 1. The van der Waals surface area contributed by atoms with E-state index in [-0.39, 0.29) is 5.91 Å². The van der Waals surface area contributed by atoms with E-state index in [4.69, 9.17) is 11.6 Å². The fourth-order valence-corrected chi connectivity index (χ4v) is 2.03. The summed E-state index contributed by atoms with van der Waals surface area (Å²) in [4.78, 5) is 15.9. The van der Waals surface area contributed by atoms with Crippen molar-refractivity contribution < 1.29 is 4.79 Å².